The van der Waals surface area contributed by atoms with Crippen molar-refractivity contribution in [3.63, 3.8) is 0 Å². The highest BCUT2D eigenvalue weighted by atomic mass is 79.9. The summed E-state index contributed by atoms with van der Waals surface area (Å²) in [6.07, 6.45) is 0.789. The Balaban J connectivity index is 1.77. The number of rotatable bonds is 4. The minimum Gasteiger partial charge on any atom is -0.463 e. The van der Waals surface area contributed by atoms with Crippen LogP contribution in [0.5, 0.6) is 6.01 Å². The van der Waals surface area contributed by atoms with Crippen LogP contribution in [0.2, 0.25) is 0 Å². The van der Waals surface area contributed by atoms with Crippen LogP contribution in [0.25, 0.3) is 11.2 Å². The first kappa shape index (κ1) is 13.8. The van der Waals surface area contributed by atoms with Crippen molar-refractivity contribution in [2.24, 2.45) is 7.05 Å². The van der Waals surface area contributed by atoms with Crippen LogP contribution in [-0.4, -0.2) is 26.1 Å². The minimum atomic E-state index is 0.270. The fraction of sp³-hybridized carbons (Fsp3) is 0.214. The number of fused-ring (bicyclic) bond motifs is 1. The van der Waals surface area contributed by atoms with E-state index in [1.165, 1.54) is 5.56 Å². The van der Waals surface area contributed by atoms with Gasteiger partial charge in [0.2, 0.25) is 0 Å². The molecule has 0 fully saturated rings. The molecule has 7 heteroatoms. The largest absolute Gasteiger partial charge is 0.463 e. The van der Waals surface area contributed by atoms with Crippen LogP contribution in [0.15, 0.2) is 35.1 Å². The number of imidazole rings is 1. The van der Waals surface area contributed by atoms with Crippen molar-refractivity contribution in [2.45, 2.75) is 6.42 Å². The fourth-order valence-electron chi connectivity index (χ4n) is 2.00. The van der Waals surface area contributed by atoms with Crippen LogP contribution in [0.3, 0.4) is 0 Å². The van der Waals surface area contributed by atoms with E-state index in [0.717, 1.165) is 6.42 Å². The van der Waals surface area contributed by atoms with Gasteiger partial charge in [0.25, 0.3) is 0 Å². The molecule has 3 aromatic rings. The standard InChI is InChI=1S/C14H14BrN5O/c1-20-12-10(17-13(20)15)11(16)18-14(19-12)21-8-7-9-5-3-2-4-6-9/h2-6H,7-8H2,1H3,(H2,16,18,19). The first-order chi connectivity index (χ1) is 10.1. The van der Waals surface area contributed by atoms with Gasteiger partial charge in [0, 0.05) is 13.5 Å². The van der Waals surface area contributed by atoms with E-state index >= 15 is 0 Å². The molecule has 2 heterocycles. The second-order valence-electron chi connectivity index (χ2n) is 4.59. The predicted molar refractivity (Wildman–Crippen MR) is 84.1 cm³/mol. The van der Waals surface area contributed by atoms with Crippen LogP contribution >= 0.6 is 15.9 Å². The van der Waals surface area contributed by atoms with E-state index in [9.17, 15) is 0 Å². The number of halogens is 1. The summed E-state index contributed by atoms with van der Waals surface area (Å²) in [6, 6.07) is 10.4. The number of nitrogens with zero attached hydrogens (tertiary/aromatic N) is 4. The fourth-order valence-corrected chi connectivity index (χ4v) is 2.35. The summed E-state index contributed by atoms with van der Waals surface area (Å²) in [7, 11) is 1.85. The maximum Gasteiger partial charge on any atom is 0.320 e. The summed E-state index contributed by atoms with van der Waals surface area (Å²) in [5, 5.41) is 0. The van der Waals surface area contributed by atoms with Gasteiger partial charge in [-0.1, -0.05) is 30.3 Å². The number of anilines is 1. The van der Waals surface area contributed by atoms with Crippen molar-refractivity contribution < 1.29 is 4.74 Å². The molecule has 0 aliphatic carbocycles. The van der Waals surface area contributed by atoms with Gasteiger partial charge in [-0.2, -0.15) is 9.97 Å². The Labute approximate surface area is 130 Å². The molecule has 6 nitrogen and oxygen atoms in total. The Morgan fingerprint density at radius 3 is 2.71 bits per heavy atom. The molecule has 0 saturated heterocycles. The van der Waals surface area contributed by atoms with E-state index in [2.05, 4.69) is 43.0 Å². The second-order valence-corrected chi connectivity index (χ2v) is 5.30. The highest BCUT2D eigenvalue weighted by Gasteiger charge is 2.13. The Morgan fingerprint density at radius 1 is 1.19 bits per heavy atom. The van der Waals surface area contributed by atoms with Crippen molar-refractivity contribution in [3.8, 4) is 6.01 Å². The zero-order chi connectivity index (χ0) is 14.8. The van der Waals surface area contributed by atoms with Gasteiger partial charge in [-0.05, 0) is 21.5 Å². The van der Waals surface area contributed by atoms with E-state index in [0.29, 0.717) is 28.3 Å². The smallest absolute Gasteiger partial charge is 0.320 e. The molecule has 0 saturated carbocycles. The molecule has 2 aromatic heterocycles. The maximum atomic E-state index is 5.89. The van der Waals surface area contributed by atoms with E-state index < -0.39 is 0 Å². The average molecular weight is 348 g/mol. The molecule has 0 aliphatic rings. The Morgan fingerprint density at radius 2 is 1.95 bits per heavy atom. The van der Waals surface area contributed by atoms with E-state index in [-0.39, 0.29) is 6.01 Å². The molecule has 1 aromatic carbocycles. The van der Waals surface area contributed by atoms with Gasteiger partial charge in [0.05, 0.1) is 6.61 Å². The number of hydrogen-bond donors (Lipinski definition) is 1. The van der Waals surface area contributed by atoms with Gasteiger partial charge >= 0.3 is 6.01 Å². The number of hydrogen-bond acceptors (Lipinski definition) is 5. The third-order valence-electron chi connectivity index (χ3n) is 3.14. The van der Waals surface area contributed by atoms with E-state index in [4.69, 9.17) is 10.5 Å². The first-order valence-electron chi connectivity index (χ1n) is 6.47. The third-order valence-corrected chi connectivity index (χ3v) is 3.84. The van der Waals surface area contributed by atoms with Gasteiger partial charge < -0.3 is 15.0 Å². The SMILES string of the molecule is Cn1c(Br)nc2c(N)nc(OCCc3ccccc3)nc21. The molecule has 2 N–H and O–H groups in total. The average Bonchev–Trinajstić information content (AvgIpc) is 2.77. The lowest BCUT2D eigenvalue weighted by Gasteiger charge is -2.06. The molecule has 0 unspecified atom stereocenters. The van der Waals surface area contributed by atoms with Gasteiger partial charge in [-0.3, -0.25) is 0 Å². The van der Waals surface area contributed by atoms with Crippen molar-refractivity contribution in [2.75, 3.05) is 12.3 Å². The van der Waals surface area contributed by atoms with Crippen molar-refractivity contribution in [3.05, 3.63) is 40.6 Å². The molecule has 0 bridgehead atoms. The molecule has 21 heavy (non-hydrogen) atoms. The number of nitrogen functional groups attached to an aromatic ring is 1. The molecular weight excluding hydrogens is 334 g/mol. The maximum absolute atomic E-state index is 5.89. The molecule has 0 spiro atoms. The zero-order valence-corrected chi connectivity index (χ0v) is 13.0. The molecule has 0 aliphatic heterocycles. The van der Waals surface area contributed by atoms with Crippen LogP contribution in [0.4, 0.5) is 5.82 Å². The summed E-state index contributed by atoms with van der Waals surface area (Å²) in [4.78, 5) is 12.7. The zero-order valence-electron chi connectivity index (χ0n) is 11.5. The molecule has 0 radical (unpaired) electrons. The van der Waals surface area contributed by atoms with Crippen molar-refractivity contribution in [1.82, 2.24) is 19.5 Å². The van der Waals surface area contributed by atoms with Crippen molar-refractivity contribution >= 4 is 32.9 Å². The number of aromatic nitrogens is 4. The lowest BCUT2D eigenvalue weighted by molar-refractivity contribution is 0.298. The highest BCUT2D eigenvalue weighted by molar-refractivity contribution is 9.10. The van der Waals surface area contributed by atoms with Gasteiger partial charge in [0.15, 0.2) is 21.7 Å². The van der Waals surface area contributed by atoms with Gasteiger partial charge in [0.1, 0.15) is 0 Å². The van der Waals surface area contributed by atoms with Crippen LogP contribution in [0, 0.1) is 0 Å². The molecule has 0 amide bonds. The lowest BCUT2D eigenvalue weighted by atomic mass is 10.2. The quantitative estimate of drug-likeness (QED) is 0.732. The monoisotopic (exact) mass is 347 g/mol. The molecule has 108 valence electrons. The Kier molecular flexibility index (Phi) is 3.74. The van der Waals surface area contributed by atoms with Gasteiger partial charge in [-0.25, -0.2) is 4.98 Å². The number of aryl methyl sites for hydroxylation is 1. The summed E-state index contributed by atoms with van der Waals surface area (Å²) in [6.45, 7) is 0.494. The van der Waals surface area contributed by atoms with Gasteiger partial charge in [-0.15, -0.1) is 0 Å². The number of nitrogens with two attached hydrogens (primary N) is 1. The molecule has 0 atom stereocenters. The first-order valence-corrected chi connectivity index (χ1v) is 7.26. The topological polar surface area (TPSA) is 78.9 Å². The molecule has 3 rings (SSSR count). The second kappa shape index (κ2) is 5.69. The van der Waals surface area contributed by atoms with E-state index in [1.807, 2.05) is 25.2 Å². The van der Waals surface area contributed by atoms with Crippen molar-refractivity contribution in [1.29, 1.82) is 0 Å². The summed E-state index contributed by atoms with van der Waals surface area (Å²) in [5.74, 6) is 0.316. The minimum absolute atomic E-state index is 0.270. The third kappa shape index (κ3) is 2.82. The molecular formula is C14H14BrN5O. The summed E-state index contributed by atoms with van der Waals surface area (Å²) >= 11 is 3.34. The van der Waals surface area contributed by atoms with E-state index in [1.54, 1.807) is 4.57 Å². The van der Waals surface area contributed by atoms with Crippen LogP contribution < -0.4 is 10.5 Å². The summed E-state index contributed by atoms with van der Waals surface area (Å²) in [5.41, 5.74) is 8.31. The number of ether oxygens (including phenoxy) is 1. The normalized spacial score (nSPS) is 11.0. The highest BCUT2D eigenvalue weighted by Crippen LogP contribution is 2.23. The number of benzene rings is 1. The lowest BCUT2D eigenvalue weighted by Crippen LogP contribution is -2.06. The Bertz CT molecular complexity index is 772. The van der Waals surface area contributed by atoms with Crippen LogP contribution in [0.1, 0.15) is 5.56 Å². The predicted octanol–water partition coefficient (Wildman–Crippen LogP) is 2.33. The summed E-state index contributed by atoms with van der Waals surface area (Å²) < 4.78 is 8.05. The Hall–Kier alpha value is -2.15. The van der Waals surface area contributed by atoms with Crippen LogP contribution in [-0.2, 0) is 13.5 Å².